The Morgan fingerprint density at radius 2 is 1.39 bits per heavy atom. The fourth-order valence-corrected chi connectivity index (χ4v) is 9.07. The van der Waals surface area contributed by atoms with E-state index in [1.165, 1.54) is 0 Å². The minimum Gasteiger partial charge on any atom is -0.390 e. The van der Waals surface area contributed by atoms with Crippen molar-refractivity contribution in [3.8, 4) is 0 Å². The molecule has 214 valence electrons. The zero-order chi connectivity index (χ0) is 26.9. The van der Waals surface area contributed by atoms with Crippen molar-refractivity contribution in [3.63, 3.8) is 0 Å². The quantitative estimate of drug-likeness (QED) is 0.0914. The van der Waals surface area contributed by atoms with Gasteiger partial charge in [-0.15, -0.1) is 0 Å². The molecular weight excluding hydrogens is 506 g/mol. The number of hydrogen-bond acceptors (Lipinski definition) is 10. The van der Waals surface area contributed by atoms with Crippen LogP contribution < -0.4 is 0 Å². The van der Waals surface area contributed by atoms with Crippen LogP contribution >= 0.6 is 0 Å². The van der Waals surface area contributed by atoms with Gasteiger partial charge in [-0.2, -0.15) is 0 Å². The first-order valence-electron chi connectivity index (χ1n) is 13.5. The predicted octanol–water partition coefficient (Wildman–Crippen LogP) is 3.67. The van der Waals surface area contributed by atoms with Crippen LogP contribution in [0.4, 0.5) is 0 Å². The molecule has 1 aliphatic rings. The van der Waals surface area contributed by atoms with Crippen molar-refractivity contribution in [2.75, 3.05) is 52.9 Å². The number of rotatable bonds is 22. The molecule has 0 bridgehead atoms. The summed E-state index contributed by atoms with van der Waals surface area (Å²) >= 11 is 0. The van der Waals surface area contributed by atoms with Crippen LogP contribution in [0.2, 0.25) is 12.1 Å². The van der Waals surface area contributed by atoms with E-state index in [0.717, 1.165) is 6.42 Å². The van der Waals surface area contributed by atoms with Gasteiger partial charge in [-0.25, -0.2) is 0 Å². The number of hydrogen-bond donors (Lipinski definition) is 1. The van der Waals surface area contributed by atoms with Crippen molar-refractivity contribution in [3.05, 3.63) is 10.1 Å². The number of nitro groups is 1. The van der Waals surface area contributed by atoms with Crippen LogP contribution in [0.15, 0.2) is 0 Å². The van der Waals surface area contributed by atoms with Gasteiger partial charge in [-0.05, 0) is 60.3 Å². The summed E-state index contributed by atoms with van der Waals surface area (Å²) in [5, 5.41) is 11.6. The van der Waals surface area contributed by atoms with Crippen molar-refractivity contribution >= 4 is 17.6 Å². The normalized spacial score (nSPS) is 21.1. The molecule has 3 unspecified atom stereocenters. The maximum atomic E-state index is 11.6. The smallest absolute Gasteiger partial charge is 0.390 e. The van der Waals surface area contributed by atoms with Gasteiger partial charge in [0.25, 0.3) is 0 Å². The average Bonchev–Trinajstić information content (AvgIpc) is 2.82. The summed E-state index contributed by atoms with van der Waals surface area (Å²) in [6, 6.07) is 0.454. The van der Waals surface area contributed by atoms with Crippen molar-refractivity contribution in [2.24, 2.45) is 5.92 Å². The predicted molar refractivity (Wildman–Crippen MR) is 139 cm³/mol. The molecular formula is C23H49NO10Si2. The van der Waals surface area contributed by atoms with Crippen LogP contribution in [0.3, 0.4) is 0 Å². The minimum absolute atomic E-state index is 0.0365. The Kier molecular flexibility index (Phi) is 17.4. The molecule has 0 amide bonds. The zero-order valence-corrected chi connectivity index (χ0v) is 24.9. The SMILES string of the molecule is CCO[Si](O)(CCCOCC1CC(OCCC[Si](OCC)(OCC)OCC)CCC1[N+](=O)[O-])OCC. The second kappa shape index (κ2) is 18.7. The molecule has 1 saturated carbocycles. The molecule has 0 radical (unpaired) electrons. The molecule has 0 saturated heterocycles. The third kappa shape index (κ3) is 12.4. The molecule has 0 spiro atoms. The van der Waals surface area contributed by atoms with E-state index in [4.69, 9.17) is 31.6 Å². The largest absolute Gasteiger partial charge is 0.501 e. The van der Waals surface area contributed by atoms with Crippen molar-refractivity contribution < 1.29 is 41.3 Å². The van der Waals surface area contributed by atoms with Gasteiger partial charge in [0.15, 0.2) is 0 Å². The Hall–Kier alpha value is -0.486. The summed E-state index contributed by atoms with van der Waals surface area (Å²) in [6.45, 7) is 13.1. The monoisotopic (exact) mass is 555 g/mol. The van der Waals surface area contributed by atoms with E-state index in [1.54, 1.807) is 0 Å². The third-order valence-corrected chi connectivity index (χ3v) is 11.7. The van der Waals surface area contributed by atoms with Gasteiger partial charge in [0.2, 0.25) is 6.04 Å². The highest BCUT2D eigenvalue weighted by Gasteiger charge is 2.41. The van der Waals surface area contributed by atoms with Crippen molar-refractivity contribution in [1.82, 2.24) is 0 Å². The molecule has 0 aromatic carbocycles. The molecule has 13 heteroatoms. The summed E-state index contributed by atoms with van der Waals surface area (Å²) in [5.41, 5.74) is 0. The standard InChI is InChI=1S/C23H49NO10Si2/c1-6-30-35(27,31-7-2)17-11-15-28-20-21-19-22(13-14-23(21)24(25)26)29-16-12-18-36(32-8-3,33-9-4)34-10-5/h21-23,27H,6-20H2,1-5H3. The lowest BCUT2D eigenvalue weighted by atomic mass is 9.83. The fourth-order valence-electron chi connectivity index (χ4n) is 4.62. The van der Waals surface area contributed by atoms with E-state index in [2.05, 4.69) is 0 Å². The molecule has 0 heterocycles. The zero-order valence-electron chi connectivity index (χ0n) is 22.9. The van der Waals surface area contributed by atoms with Crippen LogP contribution in [0.1, 0.15) is 66.7 Å². The van der Waals surface area contributed by atoms with Crippen LogP contribution in [-0.2, 0) is 31.6 Å². The van der Waals surface area contributed by atoms with E-state index in [0.29, 0.717) is 90.6 Å². The Morgan fingerprint density at radius 1 is 0.833 bits per heavy atom. The van der Waals surface area contributed by atoms with Gasteiger partial charge in [-0.3, -0.25) is 10.1 Å². The molecule has 0 aromatic heterocycles. The molecule has 0 aliphatic heterocycles. The molecule has 1 rings (SSSR count). The van der Waals surface area contributed by atoms with E-state index < -0.39 is 23.7 Å². The average molecular weight is 556 g/mol. The van der Waals surface area contributed by atoms with Crippen LogP contribution in [0.5, 0.6) is 0 Å². The van der Waals surface area contributed by atoms with Gasteiger partial charge >= 0.3 is 17.6 Å². The Labute approximate surface area is 219 Å². The maximum absolute atomic E-state index is 11.6. The lowest BCUT2D eigenvalue weighted by molar-refractivity contribution is -0.537. The molecule has 36 heavy (non-hydrogen) atoms. The van der Waals surface area contributed by atoms with Gasteiger partial charge in [0, 0.05) is 69.7 Å². The highest BCUT2D eigenvalue weighted by Crippen LogP contribution is 2.30. The van der Waals surface area contributed by atoms with E-state index in [9.17, 15) is 14.9 Å². The molecule has 0 aromatic rings. The number of nitrogens with zero attached hydrogens (tertiary/aromatic N) is 1. The second-order valence-corrected chi connectivity index (χ2v) is 14.0. The topological polar surface area (TPSA) is 128 Å². The van der Waals surface area contributed by atoms with Gasteiger partial charge in [0.05, 0.1) is 18.6 Å². The van der Waals surface area contributed by atoms with Gasteiger partial charge in [-0.1, -0.05) is 0 Å². The van der Waals surface area contributed by atoms with Crippen LogP contribution in [-0.4, -0.2) is 92.3 Å². The highest BCUT2D eigenvalue weighted by atomic mass is 28.4. The molecule has 3 atom stereocenters. The summed E-state index contributed by atoms with van der Waals surface area (Å²) < 4.78 is 40.4. The van der Waals surface area contributed by atoms with Gasteiger partial charge in [0.1, 0.15) is 0 Å². The molecule has 1 fully saturated rings. The van der Waals surface area contributed by atoms with Crippen molar-refractivity contribution in [1.29, 1.82) is 0 Å². The van der Waals surface area contributed by atoms with Gasteiger partial charge < -0.3 is 36.4 Å². The second-order valence-electron chi connectivity index (χ2n) is 8.76. The van der Waals surface area contributed by atoms with Crippen LogP contribution in [0, 0.1) is 16.0 Å². The lowest BCUT2D eigenvalue weighted by Crippen LogP contribution is -2.46. The van der Waals surface area contributed by atoms with E-state index >= 15 is 0 Å². The summed E-state index contributed by atoms with van der Waals surface area (Å²) in [5.74, 6) is -0.211. The van der Waals surface area contributed by atoms with E-state index in [1.807, 2.05) is 34.6 Å². The molecule has 1 aliphatic carbocycles. The maximum Gasteiger partial charge on any atom is 0.501 e. The Morgan fingerprint density at radius 3 is 1.92 bits per heavy atom. The number of ether oxygens (including phenoxy) is 2. The molecule has 1 N–H and O–H groups in total. The van der Waals surface area contributed by atoms with E-state index in [-0.39, 0.29) is 16.9 Å². The first kappa shape index (κ1) is 33.5. The Bertz CT molecular complexity index is 566. The fraction of sp³-hybridized carbons (Fsp3) is 1.00. The van der Waals surface area contributed by atoms with Crippen LogP contribution in [0.25, 0.3) is 0 Å². The first-order chi connectivity index (χ1) is 17.3. The highest BCUT2D eigenvalue weighted by molar-refractivity contribution is 6.60. The summed E-state index contributed by atoms with van der Waals surface area (Å²) in [7, 11) is -5.86. The summed E-state index contributed by atoms with van der Waals surface area (Å²) in [6.07, 6.45) is 3.01. The van der Waals surface area contributed by atoms with Crippen molar-refractivity contribution in [2.45, 2.75) is 91.0 Å². The minimum atomic E-state index is -3.16. The molecule has 11 nitrogen and oxygen atoms in total. The summed E-state index contributed by atoms with van der Waals surface area (Å²) in [4.78, 5) is 21.9. The third-order valence-electron chi connectivity index (χ3n) is 6.09. The lowest BCUT2D eigenvalue weighted by Gasteiger charge is -2.32. The first-order valence-corrected chi connectivity index (χ1v) is 17.4. The Balaban J connectivity index is 2.49.